The zero-order chi connectivity index (χ0) is 15.0. The van der Waals surface area contributed by atoms with Crippen LogP contribution in [-0.4, -0.2) is 28.8 Å². The first-order valence-corrected chi connectivity index (χ1v) is 8.52. The summed E-state index contributed by atoms with van der Waals surface area (Å²) in [5.74, 6) is 0.395. The third kappa shape index (κ3) is 2.84. The van der Waals surface area contributed by atoms with Crippen molar-refractivity contribution in [1.29, 1.82) is 0 Å². The van der Waals surface area contributed by atoms with Crippen LogP contribution >= 0.6 is 11.3 Å². The zero-order valence-electron chi connectivity index (χ0n) is 12.6. The predicted molar refractivity (Wildman–Crippen MR) is 83.0 cm³/mol. The molecule has 2 fully saturated rings. The highest BCUT2D eigenvalue weighted by Crippen LogP contribution is 2.41. The summed E-state index contributed by atoms with van der Waals surface area (Å²) in [5.41, 5.74) is -0.696. The molecule has 21 heavy (non-hydrogen) atoms. The molecule has 114 valence electrons. The quantitative estimate of drug-likeness (QED) is 0.928. The van der Waals surface area contributed by atoms with Gasteiger partial charge < -0.3 is 10.2 Å². The van der Waals surface area contributed by atoms with E-state index < -0.39 is 5.54 Å². The first-order valence-electron chi connectivity index (χ1n) is 7.71. The van der Waals surface area contributed by atoms with Gasteiger partial charge in [0.05, 0.1) is 6.54 Å². The van der Waals surface area contributed by atoms with Gasteiger partial charge in [-0.15, -0.1) is 11.3 Å². The molecule has 1 aliphatic heterocycles. The van der Waals surface area contributed by atoms with E-state index in [-0.39, 0.29) is 11.8 Å². The molecule has 0 spiro atoms. The van der Waals surface area contributed by atoms with E-state index in [9.17, 15) is 9.59 Å². The monoisotopic (exact) mass is 306 g/mol. The summed E-state index contributed by atoms with van der Waals surface area (Å²) in [7, 11) is 0. The van der Waals surface area contributed by atoms with Crippen LogP contribution in [0.2, 0.25) is 0 Å². The van der Waals surface area contributed by atoms with Crippen molar-refractivity contribution in [3.8, 4) is 0 Å². The van der Waals surface area contributed by atoms with E-state index in [2.05, 4.69) is 24.4 Å². The molecule has 5 heteroatoms. The smallest absolute Gasteiger partial charge is 0.248 e. The maximum Gasteiger partial charge on any atom is 0.248 e. The Morgan fingerprint density at radius 2 is 2.05 bits per heavy atom. The lowest BCUT2D eigenvalue weighted by Gasteiger charge is -2.32. The predicted octanol–water partition coefficient (Wildman–Crippen LogP) is 2.33. The standard InChI is InChI=1S/C16H22N2O2S/c1-3-12-6-7-13(21-12)10-18-9-8-14(19)17-16(2,15(18)20)11-4-5-11/h6-7,11H,3-5,8-10H2,1-2H3,(H,17,19). The Morgan fingerprint density at radius 3 is 2.67 bits per heavy atom. The number of thiophene rings is 1. The molecule has 1 aromatic heterocycles. The van der Waals surface area contributed by atoms with Crippen LogP contribution in [0.5, 0.6) is 0 Å². The van der Waals surface area contributed by atoms with Crippen molar-refractivity contribution < 1.29 is 9.59 Å². The number of carbonyl (C=O) groups is 2. The Bertz CT molecular complexity index is 564. The lowest BCUT2D eigenvalue weighted by Crippen LogP contribution is -2.56. The highest BCUT2D eigenvalue weighted by molar-refractivity contribution is 7.11. The van der Waals surface area contributed by atoms with Gasteiger partial charge >= 0.3 is 0 Å². The van der Waals surface area contributed by atoms with Crippen LogP contribution in [0.25, 0.3) is 0 Å². The molecule has 1 saturated heterocycles. The van der Waals surface area contributed by atoms with Gasteiger partial charge in [0.15, 0.2) is 0 Å². The molecule has 0 radical (unpaired) electrons. The average Bonchev–Trinajstić information content (AvgIpc) is 3.23. The van der Waals surface area contributed by atoms with Crippen molar-refractivity contribution in [3.05, 3.63) is 21.9 Å². The van der Waals surface area contributed by atoms with Gasteiger partial charge in [-0.25, -0.2) is 0 Å². The maximum atomic E-state index is 12.9. The van der Waals surface area contributed by atoms with Crippen LogP contribution in [0.15, 0.2) is 12.1 Å². The molecule has 1 atom stereocenters. The van der Waals surface area contributed by atoms with Crippen molar-refractivity contribution in [2.45, 2.75) is 51.6 Å². The average molecular weight is 306 g/mol. The maximum absolute atomic E-state index is 12.9. The van der Waals surface area contributed by atoms with E-state index >= 15 is 0 Å². The fraction of sp³-hybridized carbons (Fsp3) is 0.625. The Labute approximate surface area is 129 Å². The van der Waals surface area contributed by atoms with Gasteiger partial charge in [0.2, 0.25) is 11.8 Å². The minimum Gasteiger partial charge on any atom is -0.342 e. The van der Waals surface area contributed by atoms with Gasteiger partial charge in [-0.1, -0.05) is 6.92 Å². The molecule has 1 unspecified atom stereocenters. The van der Waals surface area contributed by atoms with Gasteiger partial charge in [-0.05, 0) is 44.2 Å². The van der Waals surface area contributed by atoms with Crippen molar-refractivity contribution in [3.63, 3.8) is 0 Å². The Balaban J connectivity index is 1.79. The fourth-order valence-electron chi connectivity index (χ4n) is 3.05. The third-order valence-electron chi connectivity index (χ3n) is 4.55. The van der Waals surface area contributed by atoms with Crippen LogP contribution in [0, 0.1) is 5.92 Å². The Hall–Kier alpha value is -1.36. The van der Waals surface area contributed by atoms with Gasteiger partial charge in [0, 0.05) is 22.7 Å². The number of carbonyl (C=O) groups excluding carboxylic acids is 2. The van der Waals surface area contributed by atoms with Crippen LogP contribution in [0.3, 0.4) is 0 Å². The summed E-state index contributed by atoms with van der Waals surface area (Å²) >= 11 is 1.76. The summed E-state index contributed by atoms with van der Waals surface area (Å²) in [5, 5.41) is 2.97. The molecule has 0 bridgehead atoms. The minimum atomic E-state index is -0.696. The molecule has 1 N–H and O–H groups in total. The van der Waals surface area contributed by atoms with Crippen LogP contribution < -0.4 is 5.32 Å². The van der Waals surface area contributed by atoms with E-state index in [1.165, 1.54) is 9.75 Å². The van der Waals surface area contributed by atoms with Gasteiger partial charge in [-0.3, -0.25) is 9.59 Å². The summed E-state index contributed by atoms with van der Waals surface area (Å²) in [6.45, 7) is 5.18. The molecular formula is C16H22N2O2S. The largest absolute Gasteiger partial charge is 0.342 e. The second-order valence-corrected chi connectivity index (χ2v) is 7.48. The zero-order valence-corrected chi connectivity index (χ0v) is 13.5. The fourth-order valence-corrected chi connectivity index (χ4v) is 4.02. The normalized spacial score (nSPS) is 26.7. The van der Waals surface area contributed by atoms with Crippen LogP contribution in [0.4, 0.5) is 0 Å². The number of rotatable bonds is 4. The second kappa shape index (κ2) is 5.44. The van der Waals surface area contributed by atoms with Gasteiger partial charge in [0.1, 0.15) is 5.54 Å². The molecule has 3 rings (SSSR count). The molecule has 2 aliphatic rings. The number of nitrogens with zero attached hydrogens (tertiary/aromatic N) is 1. The van der Waals surface area contributed by atoms with Crippen molar-refractivity contribution in [2.24, 2.45) is 5.92 Å². The molecule has 2 heterocycles. The number of hydrogen-bond acceptors (Lipinski definition) is 3. The van der Waals surface area contributed by atoms with Gasteiger partial charge in [0.25, 0.3) is 0 Å². The topological polar surface area (TPSA) is 49.4 Å². The highest BCUT2D eigenvalue weighted by Gasteiger charge is 2.51. The van der Waals surface area contributed by atoms with Crippen LogP contribution in [0.1, 0.15) is 42.9 Å². The highest BCUT2D eigenvalue weighted by atomic mass is 32.1. The van der Waals surface area contributed by atoms with Gasteiger partial charge in [-0.2, -0.15) is 0 Å². The van der Waals surface area contributed by atoms with Crippen molar-refractivity contribution in [2.75, 3.05) is 6.54 Å². The SMILES string of the molecule is CCc1ccc(CN2CCC(=O)NC(C)(C3CC3)C2=O)s1. The summed E-state index contributed by atoms with van der Waals surface area (Å²) in [6.07, 6.45) is 3.50. The van der Waals surface area contributed by atoms with Crippen molar-refractivity contribution >= 4 is 23.2 Å². The van der Waals surface area contributed by atoms with E-state index in [1.807, 2.05) is 11.8 Å². The third-order valence-corrected chi connectivity index (χ3v) is 5.76. The molecule has 1 aliphatic carbocycles. The Kier molecular flexibility index (Phi) is 3.78. The first kappa shape index (κ1) is 14.6. The summed E-state index contributed by atoms with van der Waals surface area (Å²) in [6, 6.07) is 4.23. The first-order chi connectivity index (χ1) is 10.0. The molecule has 4 nitrogen and oxygen atoms in total. The molecule has 2 amide bonds. The minimum absolute atomic E-state index is 0.000627. The molecule has 0 aromatic carbocycles. The summed E-state index contributed by atoms with van der Waals surface area (Å²) < 4.78 is 0. The van der Waals surface area contributed by atoms with Crippen LogP contribution in [-0.2, 0) is 22.6 Å². The summed E-state index contributed by atoms with van der Waals surface area (Å²) in [4.78, 5) is 29.2. The second-order valence-electron chi connectivity index (χ2n) is 6.22. The molecule has 1 aromatic rings. The Morgan fingerprint density at radius 1 is 1.33 bits per heavy atom. The van der Waals surface area contributed by atoms with E-state index in [0.717, 1.165) is 19.3 Å². The number of hydrogen-bond donors (Lipinski definition) is 1. The lowest BCUT2D eigenvalue weighted by atomic mass is 9.94. The molecular weight excluding hydrogens is 284 g/mol. The van der Waals surface area contributed by atoms with Crippen molar-refractivity contribution in [1.82, 2.24) is 10.2 Å². The number of aryl methyl sites for hydroxylation is 1. The number of nitrogens with one attached hydrogen (secondary N) is 1. The number of amides is 2. The van der Waals surface area contributed by atoms with E-state index in [4.69, 9.17) is 0 Å². The lowest BCUT2D eigenvalue weighted by molar-refractivity contribution is -0.139. The molecule has 1 saturated carbocycles. The van der Waals surface area contributed by atoms with E-state index in [0.29, 0.717) is 25.4 Å². The van der Waals surface area contributed by atoms with E-state index in [1.54, 1.807) is 11.3 Å².